The van der Waals surface area contributed by atoms with E-state index < -0.39 is 0 Å². The molecule has 0 fully saturated rings. The number of rotatable bonds is 4. The Morgan fingerprint density at radius 1 is 1.13 bits per heavy atom. The van der Waals surface area contributed by atoms with Crippen LogP contribution in [0.5, 0.6) is 0 Å². The van der Waals surface area contributed by atoms with Crippen LogP contribution in [0.1, 0.15) is 35.4 Å². The third-order valence-electron chi connectivity index (χ3n) is 4.04. The van der Waals surface area contributed by atoms with Gasteiger partial charge in [-0.2, -0.15) is 0 Å². The predicted molar refractivity (Wildman–Crippen MR) is 93.9 cm³/mol. The fourth-order valence-corrected chi connectivity index (χ4v) is 3.49. The number of nitrogens with zero attached hydrogens (tertiary/aromatic N) is 2. The molecule has 0 bridgehead atoms. The number of thioether (sulfide) groups is 1. The molecule has 1 N–H and O–H groups in total. The fraction of sp³-hybridized carbons (Fsp3) is 0.389. The first-order valence-electron chi connectivity index (χ1n) is 7.97. The van der Waals surface area contributed by atoms with Gasteiger partial charge in [0.15, 0.2) is 5.16 Å². The summed E-state index contributed by atoms with van der Waals surface area (Å²) in [6.45, 7) is 4.07. The van der Waals surface area contributed by atoms with Crippen molar-refractivity contribution in [1.29, 1.82) is 0 Å². The summed E-state index contributed by atoms with van der Waals surface area (Å²) in [6.07, 6.45) is 4.53. The van der Waals surface area contributed by atoms with Crippen LogP contribution in [0.4, 0.5) is 5.69 Å². The zero-order chi connectivity index (χ0) is 16.2. The van der Waals surface area contributed by atoms with Gasteiger partial charge in [-0.1, -0.05) is 29.5 Å². The Kier molecular flexibility index (Phi) is 4.96. The second-order valence-corrected chi connectivity index (χ2v) is 6.87. The Balaban J connectivity index is 1.60. The molecule has 0 radical (unpaired) electrons. The minimum atomic E-state index is -0.0298. The zero-order valence-corrected chi connectivity index (χ0v) is 14.4. The number of nitrogens with one attached hydrogen (secondary N) is 1. The average molecular weight is 327 g/mol. The van der Waals surface area contributed by atoms with Gasteiger partial charge in [-0.3, -0.25) is 4.79 Å². The third kappa shape index (κ3) is 4.10. The largest absolute Gasteiger partial charge is 0.325 e. The summed E-state index contributed by atoms with van der Waals surface area (Å²) < 4.78 is 0. The van der Waals surface area contributed by atoms with Crippen molar-refractivity contribution >= 4 is 23.4 Å². The first-order chi connectivity index (χ1) is 11.1. The van der Waals surface area contributed by atoms with Gasteiger partial charge >= 0.3 is 0 Å². The molecule has 0 saturated heterocycles. The van der Waals surface area contributed by atoms with E-state index in [1.165, 1.54) is 41.4 Å². The van der Waals surface area contributed by atoms with E-state index >= 15 is 0 Å². The summed E-state index contributed by atoms with van der Waals surface area (Å²) in [5, 5.41) is 3.61. The van der Waals surface area contributed by atoms with Gasteiger partial charge in [0.1, 0.15) is 0 Å². The van der Waals surface area contributed by atoms with Gasteiger partial charge in [0, 0.05) is 17.1 Å². The number of anilines is 1. The highest BCUT2D eigenvalue weighted by molar-refractivity contribution is 7.99. The van der Waals surface area contributed by atoms with Gasteiger partial charge in [-0.15, -0.1) is 0 Å². The lowest BCUT2D eigenvalue weighted by Crippen LogP contribution is -2.15. The predicted octanol–water partition coefficient (Wildman–Crippen LogP) is 3.70. The molecule has 1 aromatic heterocycles. The number of aryl methyl sites for hydroxylation is 3. The molecule has 0 atom stereocenters. The second-order valence-electron chi connectivity index (χ2n) is 5.93. The van der Waals surface area contributed by atoms with Gasteiger partial charge in [0.25, 0.3) is 0 Å². The summed E-state index contributed by atoms with van der Waals surface area (Å²) in [5.74, 6) is 0.296. The van der Waals surface area contributed by atoms with Gasteiger partial charge < -0.3 is 5.32 Å². The van der Waals surface area contributed by atoms with E-state index in [0.717, 1.165) is 24.2 Å². The number of fused-ring (bicyclic) bond motifs is 1. The minimum Gasteiger partial charge on any atom is -0.325 e. The Hall–Kier alpha value is -1.88. The number of aromatic nitrogens is 2. The Labute approximate surface area is 141 Å². The molecule has 0 unspecified atom stereocenters. The van der Waals surface area contributed by atoms with Crippen LogP contribution < -0.4 is 5.32 Å². The molecule has 1 heterocycles. The molecule has 2 aromatic rings. The van der Waals surface area contributed by atoms with E-state index in [4.69, 9.17) is 0 Å². The van der Waals surface area contributed by atoms with Crippen LogP contribution in [0, 0.1) is 13.8 Å². The molecule has 0 spiro atoms. The van der Waals surface area contributed by atoms with Crippen LogP contribution in [-0.4, -0.2) is 21.6 Å². The highest BCUT2D eigenvalue weighted by Crippen LogP contribution is 2.24. The van der Waals surface area contributed by atoms with Gasteiger partial charge in [0.05, 0.1) is 5.75 Å². The van der Waals surface area contributed by atoms with E-state index in [0.29, 0.717) is 10.9 Å². The van der Waals surface area contributed by atoms with Crippen molar-refractivity contribution in [3.8, 4) is 0 Å². The number of hydrogen-bond donors (Lipinski definition) is 1. The first-order valence-corrected chi connectivity index (χ1v) is 8.96. The highest BCUT2D eigenvalue weighted by Gasteiger charge is 2.16. The number of amides is 1. The Morgan fingerprint density at radius 3 is 2.65 bits per heavy atom. The molecular formula is C18H21N3OS. The summed E-state index contributed by atoms with van der Waals surface area (Å²) in [4.78, 5) is 21.2. The highest BCUT2D eigenvalue weighted by atomic mass is 32.2. The van der Waals surface area contributed by atoms with E-state index in [-0.39, 0.29) is 5.91 Å². The Morgan fingerprint density at radius 2 is 1.87 bits per heavy atom. The SMILES string of the molecule is Cc1ccc(NC(=O)CSc2nc(C)c3c(n2)CCCC3)cc1. The number of carbonyl (C=O) groups is 1. The first kappa shape index (κ1) is 16.0. The quantitative estimate of drug-likeness (QED) is 0.687. The molecule has 0 aliphatic heterocycles. The molecule has 1 aliphatic rings. The van der Waals surface area contributed by atoms with Crippen molar-refractivity contribution in [2.75, 3.05) is 11.1 Å². The van der Waals surface area contributed by atoms with Crippen molar-refractivity contribution in [2.24, 2.45) is 0 Å². The van der Waals surface area contributed by atoms with Crippen LogP contribution in [0.2, 0.25) is 0 Å². The van der Waals surface area contributed by atoms with Gasteiger partial charge in [-0.25, -0.2) is 9.97 Å². The van der Waals surface area contributed by atoms with E-state index in [2.05, 4.69) is 15.3 Å². The summed E-state index contributed by atoms with van der Waals surface area (Å²) in [7, 11) is 0. The monoisotopic (exact) mass is 327 g/mol. The van der Waals surface area contributed by atoms with Crippen LogP contribution in [0.25, 0.3) is 0 Å². The van der Waals surface area contributed by atoms with Crippen molar-refractivity contribution in [3.63, 3.8) is 0 Å². The minimum absolute atomic E-state index is 0.0298. The summed E-state index contributed by atoms with van der Waals surface area (Å²) in [5.41, 5.74) is 5.55. The normalized spacial score (nSPS) is 13.5. The van der Waals surface area contributed by atoms with Crippen molar-refractivity contribution in [3.05, 3.63) is 46.8 Å². The van der Waals surface area contributed by atoms with Gasteiger partial charge in [-0.05, 0) is 57.2 Å². The fourth-order valence-electron chi connectivity index (χ4n) is 2.78. The Bertz CT molecular complexity index is 713. The molecule has 0 saturated carbocycles. The molecular weight excluding hydrogens is 306 g/mol. The molecule has 1 aliphatic carbocycles. The van der Waals surface area contributed by atoms with E-state index in [9.17, 15) is 4.79 Å². The molecule has 5 heteroatoms. The topological polar surface area (TPSA) is 54.9 Å². The number of hydrogen-bond acceptors (Lipinski definition) is 4. The molecule has 1 amide bonds. The molecule has 3 rings (SSSR count). The van der Waals surface area contributed by atoms with Crippen LogP contribution in [0.15, 0.2) is 29.4 Å². The van der Waals surface area contributed by atoms with E-state index in [1.54, 1.807) is 0 Å². The standard InChI is InChI=1S/C18H21N3OS/c1-12-7-9-14(10-8-12)20-17(22)11-23-18-19-13(2)15-5-3-4-6-16(15)21-18/h7-10H,3-6,11H2,1-2H3,(H,20,22). The maximum atomic E-state index is 12.1. The smallest absolute Gasteiger partial charge is 0.234 e. The summed E-state index contributed by atoms with van der Waals surface area (Å²) in [6, 6.07) is 7.80. The van der Waals surface area contributed by atoms with Crippen LogP contribution in [-0.2, 0) is 17.6 Å². The molecule has 4 nitrogen and oxygen atoms in total. The lowest BCUT2D eigenvalue weighted by atomic mass is 9.95. The lowest BCUT2D eigenvalue weighted by Gasteiger charge is -2.17. The number of carbonyl (C=O) groups excluding carboxylic acids is 1. The second kappa shape index (κ2) is 7.13. The maximum Gasteiger partial charge on any atom is 0.234 e. The van der Waals surface area contributed by atoms with Crippen molar-refractivity contribution in [2.45, 2.75) is 44.7 Å². The van der Waals surface area contributed by atoms with Gasteiger partial charge in [0.2, 0.25) is 5.91 Å². The maximum absolute atomic E-state index is 12.1. The molecule has 23 heavy (non-hydrogen) atoms. The number of benzene rings is 1. The third-order valence-corrected chi connectivity index (χ3v) is 4.88. The van der Waals surface area contributed by atoms with E-state index in [1.807, 2.05) is 38.1 Å². The van der Waals surface area contributed by atoms with Crippen LogP contribution in [0.3, 0.4) is 0 Å². The molecule has 120 valence electrons. The lowest BCUT2D eigenvalue weighted by molar-refractivity contribution is -0.113. The molecule has 1 aromatic carbocycles. The van der Waals surface area contributed by atoms with Crippen molar-refractivity contribution < 1.29 is 4.79 Å². The average Bonchev–Trinajstić information content (AvgIpc) is 2.55. The summed E-state index contributed by atoms with van der Waals surface area (Å²) >= 11 is 1.40. The van der Waals surface area contributed by atoms with Crippen LogP contribution >= 0.6 is 11.8 Å². The van der Waals surface area contributed by atoms with Crippen molar-refractivity contribution in [1.82, 2.24) is 9.97 Å². The zero-order valence-electron chi connectivity index (χ0n) is 13.6.